The third kappa shape index (κ3) is 3.62. The van der Waals surface area contributed by atoms with E-state index in [1.54, 1.807) is 17.0 Å². The minimum atomic E-state index is -0.423. The summed E-state index contributed by atoms with van der Waals surface area (Å²) >= 11 is 0. The highest BCUT2D eigenvalue weighted by molar-refractivity contribution is 6.00. The van der Waals surface area contributed by atoms with E-state index in [2.05, 4.69) is 10.5 Å². The molecule has 27 heavy (non-hydrogen) atoms. The SMILES string of the molecule is Cc1ccc(N2C[C@H](C(=O)NN=Cc3ccc4c(c3)OCO4)CC2=O)cc1. The maximum atomic E-state index is 12.4. The number of fused-ring (bicyclic) bond motifs is 1. The molecule has 1 saturated heterocycles. The Balaban J connectivity index is 1.36. The van der Waals surface area contributed by atoms with Gasteiger partial charge < -0.3 is 14.4 Å². The lowest BCUT2D eigenvalue weighted by atomic mass is 10.1. The lowest BCUT2D eigenvalue weighted by Gasteiger charge is -2.16. The average Bonchev–Trinajstić information content (AvgIpc) is 3.28. The molecule has 0 aliphatic carbocycles. The first-order chi connectivity index (χ1) is 13.1. The number of benzene rings is 2. The fraction of sp³-hybridized carbons (Fsp3) is 0.250. The number of anilines is 1. The van der Waals surface area contributed by atoms with Crippen LogP contribution in [-0.2, 0) is 9.59 Å². The number of rotatable bonds is 4. The molecular formula is C20H19N3O4. The van der Waals surface area contributed by atoms with Gasteiger partial charge in [-0.05, 0) is 42.8 Å². The van der Waals surface area contributed by atoms with Gasteiger partial charge in [0.2, 0.25) is 18.6 Å². The molecule has 7 heteroatoms. The summed E-state index contributed by atoms with van der Waals surface area (Å²) in [5.74, 6) is 0.596. The molecular weight excluding hydrogens is 346 g/mol. The summed E-state index contributed by atoms with van der Waals surface area (Å²) in [6.07, 6.45) is 1.72. The Bertz CT molecular complexity index is 908. The van der Waals surface area contributed by atoms with Crippen molar-refractivity contribution < 1.29 is 19.1 Å². The molecule has 0 saturated carbocycles. The molecule has 138 valence electrons. The van der Waals surface area contributed by atoms with E-state index in [4.69, 9.17) is 9.47 Å². The van der Waals surface area contributed by atoms with E-state index >= 15 is 0 Å². The Morgan fingerprint density at radius 1 is 1.19 bits per heavy atom. The van der Waals surface area contributed by atoms with Gasteiger partial charge in [-0.2, -0.15) is 5.10 Å². The molecule has 0 radical (unpaired) electrons. The summed E-state index contributed by atoms with van der Waals surface area (Å²) in [6.45, 7) is 2.55. The number of aryl methyl sites for hydroxylation is 1. The lowest BCUT2D eigenvalue weighted by molar-refractivity contribution is -0.126. The maximum absolute atomic E-state index is 12.4. The van der Waals surface area contributed by atoms with Crippen molar-refractivity contribution in [2.75, 3.05) is 18.2 Å². The van der Waals surface area contributed by atoms with Crippen molar-refractivity contribution >= 4 is 23.7 Å². The number of carbonyl (C=O) groups is 2. The van der Waals surface area contributed by atoms with E-state index in [-0.39, 0.29) is 25.0 Å². The molecule has 2 aromatic carbocycles. The third-order valence-corrected chi connectivity index (χ3v) is 4.63. The second kappa shape index (κ2) is 7.11. The summed E-state index contributed by atoms with van der Waals surface area (Å²) in [5, 5.41) is 4.00. The van der Waals surface area contributed by atoms with Crippen LogP contribution in [0.25, 0.3) is 0 Å². The topological polar surface area (TPSA) is 80.2 Å². The van der Waals surface area contributed by atoms with Crippen molar-refractivity contribution in [2.24, 2.45) is 11.0 Å². The zero-order chi connectivity index (χ0) is 18.8. The van der Waals surface area contributed by atoms with Gasteiger partial charge in [0.15, 0.2) is 11.5 Å². The van der Waals surface area contributed by atoms with Crippen LogP contribution < -0.4 is 19.8 Å². The molecule has 1 atom stereocenters. The number of ether oxygens (including phenoxy) is 2. The summed E-state index contributed by atoms with van der Waals surface area (Å²) in [4.78, 5) is 26.3. The zero-order valence-electron chi connectivity index (χ0n) is 14.8. The normalized spacial score (nSPS) is 18.3. The van der Waals surface area contributed by atoms with Gasteiger partial charge in [0, 0.05) is 18.7 Å². The molecule has 0 spiro atoms. The number of amides is 2. The van der Waals surface area contributed by atoms with Gasteiger partial charge in [0.1, 0.15) is 0 Å². The van der Waals surface area contributed by atoms with Crippen LogP contribution in [0.15, 0.2) is 47.6 Å². The van der Waals surface area contributed by atoms with Gasteiger partial charge in [-0.25, -0.2) is 5.43 Å². The number of carbonyl (C=O) groups excluding carboxylic acids is 2. The minimum absolute atomic E-state index is 0.0567. The largest absolute Gasteiger partial charge is 0.454 e. The van der Waals surface area contributed by atoms with E-state index in [1.807, 2.05) is 37.3 Å². The molecule has 0 unspecified atom stereocenters. The highest BCUT2D eigenvalue weighted by Gasteiger charge is 2.35. The van der Waals surface area contributed by atoms with Crippen LogP contribution in [0.1, 0.15) is 17.5 Å². The average molecular weight is 365 g/mol. The summed E-state index contributed by atoms with van der Waals surface area (Å²) in [6, 6.07) is 13.1. The van der Waals surface area contributed by atoms with Crippen LogP contribution in [0.5, 0.6) is 11.5 Å². The van der Waals surface area contributed by atoms with Gasteiger partial charge >= 0.3 is 0 Å². The van der Waals surface area contributed by atoms with Gasteiger partial charge in [-0.15, -0.1) is 0 Å². The molecule has 2 heterocycles. The molecule has 1 N–H and O–H groups in total. The van der Waals surface area contributed by atoms with Crippen molar-refractivity contribution in [1.82, 2.24) is 5.43 Å². The fourth-order valence-electron chi connectivity index (χ4n) is 3.11. The Hall–Kier alpha value is -3.35. The number of nitrogens with one attached hydrogen (secondary N) is 1. The van der Waals surface area contributed by atoms with Gasteiger partial charge in [0.05, 0.1) is 12.1 Å². The Morgan fingerprint density at radius 2 is 1.96 bits per heavy atom. The van der Waals surface area contributed by atoms with E-state index < -0.39 is 5.92 Å². The first-order valence-corrected chi connectivity index (χ1v) is 8.70. The molecule has 1 fully saturated rings. The van der Waals surface area contributed by atoms with Crippen molar-refractivity contribution in [3.63, 3.8) is 0 Å². The fourth-order valence-corrected chi connectivity index (χ4v) is 3.11. The molecule has 7 nitrogen and oxygen atoms in total. The molecule has 2 aromatic rings. The highest BCUT2D eigenvalue weighted by atomic mass is 16.7. The van der Waals surface area contributed by atoms with Crippen molar-refractivity contribution in [3.05, 3.63) is 53.6 Å². The maximum Gasteiger partial charge on any atom is 0.245 e. The molecule has 0 aromatic heterocycles. The lowest BCUT2D eigenvalue weighted by Crippen LogP contribution is -2.30. The van der Waals surface area contributed by atoms with Gasteiger partial charge in [0.25, 0.3) is 0 Å². The Kier molecular flexibility index (Phi) is 4.50. The standard InChI is InChI=1S/C20H19N3O4/c1-13-2-5-16(6-3-13)23-11-15(9-19(23)24)20(25)22-21-10-14-4-7-17-18(8-14)27-12-26-17/h2-8,10,15H,9,11-12H2,1H3,(H,22,25)/t15-/m1/s1. The molecule has 2 amide bonds. The van der Waals surface area contributed by atoms with Crippen molar-refractivity contribution in [3.8, 4) is 11.5 Å². The van der Waals surface area contributed by atoms with Crippen LogP contribution in [0, 0.1) is 12.8 Å². The summed E-state index contributed by atoms with van der Waals surface area (Å²) in [7, 11) is 0. The van der Waals surface area contributed by atoms with Crippen molar-refractivity contribution in [1.29, 1.82) is 0 Å². The number of hydrazone groups is 1. The van der Waals surface area contributed by atoms with E-state index in [0.29, 0.717) is 18.0 Å². The first-order valence-electron chi connectivity index (χ1n) is 8.70. The number of hydrogen-bond donors (Lipinski definition) is 1. The highest BCUT2D eigenvalue weighted by Crippen LogP contribution is 2.32. The van der Waals surface area contributed by atoms with Crippen LogP contribution >= 0.6 is 0 Å². The van der Waals surface area contributed by atoms with E-state index in [0.717, 1.165) is 16.8 Å². The van der Waals surface area contributed by atoms with E-state index in [1.165, 1.54) is 6.21 Å². The Morgan fingerprint density at radius 3 is 2.78 bits per heavy atom. The minimum Gasteiger partial charge on any atom is -0.454 e. The van der Waals surface area contributed by atoms with Crippen LogP contribution in [0.2, 0.25) is 0 Å². The van der Waals surface area contributed by atoms with Gasteiger partial charge in [-0.3, -0.25) is 9.59 Å². The first kappa shape index (κ1) is 17.1. The predicted octanol–water partition coefficient (Wildman–Crippen LogP) is 2.23. The van der Waals surface area contributed by atoms with Crippen LogP contribution in [0.4, 0.5) is 5.69 Å². The van der Waals surface area contributed by atoms with Crippen molar-refractivity contribution in [2.45, 2.75) is 13.3 Å². The van der Waals surface area contributed by atoms with Gasteiger partial charge in [-0.1, -0.05) is 17.7 Å². The molecule has 2 aliphatic heterocycles. The summed E-state index contributed by atoms with van der Waals surface area (Å²) < 4.78 is 10.6. The predicted molar refractivity (Wildman–Crippen MR) is 99.9 cm³/mol. The molecule has 2 aliphatic rings. The third-order valence-electron chi connectivity index (χ3n) is 4.63. The van der Waals surface area contributed by atoms with Crippen LogP contribution in [0.3, 0.4) is 0 Å². The smallest absolute Gasteiger partial charge is 0.245 e. The van der Waals surface area contributed by atoms with Crippen LogP contribution in [-0.4, -0.2) is 31.4 Å². The number of nitrogens with zero attached hydrogens (tertiary/aromatic N) is 2. The Labute approximate surface area is 156 Å². The zero-order valence-corrected chi connectivity index (χ0v) is 14.8. The quantitative estimate of drug-likeness (QED) is 0.666. The monoisotopic (exact) mass is 365 g/mol. The van der Waals surface area contributed by atoms with E-state index in [9.17, 15) is 9.59 Å². The molecule has 0 bridgehead atoms. The summed E-state index contributed by atoms with van der Waals surface area (Å²) in [5.41, 5.74) is 5.24. The molecule has 4 rings (SSSR count). The number of hydrogen-bond acceptors (Lipinski definition) is 5. The second-order valence-electron chi connectivity index (χ2n) is 6.59. The second-order valence-corrected chi connectivity index (χ2v) is 6.59.